The number of pyridine rings is 2. The van der Waals surface area contributed by atoms with E-state index in [4.69, 9.17) is 4.98 Å². The minimum Gasteiger partial charge on any atom is -0.251 e. The van der Waals surface area contributed by atoms with Crippen molar-refractivity contribution in [3.63, 3.8) is 0 Å². The smallest absolute Gasteiger partial charge is 0.154 e. The predicted octanol–water partition coefficient (Wildman–Crippen LogP) is 4.90. The van der Waals surface area contributed by atoms with Crippen molar-refractivity contribution in [3.8, 4) is 17.1 Å². The number of nitrogens with zero attached hydrogens (tertiary/aromatic N) is 4. The maximum atomic E-state index is 12.5. The van der Waals surface area contributed by atoms with Gasteiger partial charge in [-0.1, -0.05) is 24.3 Å². The highest BCUT2D eigenvalue weighted by Gasteiger charge is 2.22. The quantitative estimate of drug-likeness (QED) is 0.486. The standard InChI is InChI=1S/C24H27N5OS/c1-16-8-6-11-23(26-16)29-22-14-18(12-13-19(22)15-25-29)21-10-7-9-20(27-21)17(2)28-31(30)24(3,4)5/h6-15,17,28H,1-5H3/t17-,31+/m1/s1. The van der Waals surface area contributed by atoms with Gasteiger partial charge in [0.25, 0.3) is 0 Å². The Hall–Kier alpha value is -2.90. The van der Waals surface area contributed by atoms with Crippen molar-refractivity contribution in [3.05, 3.63) is 72.2 Å². The molecule has 0 saturated carbocycles. The molecule has 0 bridgehead atoms. The van der Waals surface area contributed by atoms with Crippen molar-refractivity contribution < 1.29 is 4.21 Å². The number of hydrogen-bond acceptors (Lipinski definition) is 4. The second-order valence-electron chi connectivity index (χ2n) is 8.64. The van der Waals surface area contributed by atoms with E-state index in [1.807, 2.05) is 81.9 Å². The summed E-state index contributed by atoms with van der Waals surface area (Å²) in [6.45, 7) is 9.81. The van der Waals surface area contributed by atoms with Gasteiger partial charge in [0.1, 0.15) is 0 Å². The molecule has 7 heteroatoms. The molecule has 1 aromatic carbocycles. The normalized spacial score (nSPS) is 14.0. The van der Waals surface area contributed by atoms with Gasteiger partial charge in [-0.05, 0) is 65.0 Å². The Bertz CT molecular complexity index is 1260. The molecule has 0 aliphatic carbocycles. The van der Waals surface area contributed by atoms with Crippen LogP contribution < -0.4 is 4.72 Å². The molecule has 0 spiro atoms. The molecule has 3 heterocycles. The van der Waals surface area contributed by atoms with Gasteiger partial charge in [0.2, 0.25) is 0 Å². The van der Waals surface area contributed by atoms with E-state index in [1.54, 1.807) is 0 Å². The van der Waals surface area contributed by atoms with Gasteiger partial charge in [0, 0.05) is 16.6 Å². The summed E-state index contributed by atoms with van der Waals surface area (Å²) in [7, 11) is -1.17. The van der Waals surface area contributed by atoms with Gasteiger partial charge in [-0.2, -0.15) is 5.10 Å². The average Bonchev–Trinajstić information content (AvgIpc) is 3.16. The first-order chi connectivity index (χ1) is 14.7. The van der Waals surface area contributed by atoms with Crippen LogP contribution in [0.1, 0.15) is 45.1 Å². The van der Waals surface area contributed by atoms with Gasteiger partial charge >= 0.3 is 0 Å². The number of rotatable bonds is 5. The number of aromatic nitrogens is 4. The Morgan fingerprint density at radius 3 is 2.55 bits per heavy atom. The molecule has 0 fully saturated rings. The van der Waals surface area contributed by atoms with E-state index in [-0.39, 0.29) is 10.8 Å². The van der Waals surface area contributed by atoms with Gasteiger partial charge in [-0.15, -0.1) is 0 Å². The van der Waals surface area contributed by atoms with Crippen LogP contribution in [0.5, 0.6) is 0 Å². The van der Waals surface area contributed by atoms with Crippen LogP contribution in [0.25, 0.3) is 28.0 Å². The molecular formula is C24H27N5OS. The Labute approximate surface area is 185 Å². The summed E-state index contributed by atoms with van der Waals surface area (Å²) in [5, 5.41) is 5.57. The molecule has 0 saturated heterocycles. The number of fused-ring (bicyclic) bond motifs is 1. The maximum absolute atomic E-state index is 12.5. The Kier molecular flexibility index (Phi) is 5.73. The van der Waals surface area contributed by atoms with Crippen molar-refractivity contribution in [1.82, 2.24) is 24.5 Å². The minimum atomic E-state index is -1.17. The summed E-state index contributed by atoms with van der Waals surface area (Å²) >= 11 is 0. The lowest BCUT2D eigenvalue weighted by molar-refractivity contribution is 0.612. The molecule has 0 radical (unpaired) electrons. The molecule has 0 unspecified atom stereocenters. The summed E-state index contributed by atoms with van der Waals surface area (Å²) in [5.41, 5.74) is 4.63. The molecule has 0 amide bonds. The summed E-state index contributed by atoms with van der Waals surface area (Å²) in [5.74, 6) is 0.788. The Morgan fingerprint density at radius 1 is 1.03 bits per heavy atom. The van der Waals surface area contributed by atoms with Gasteiger partial charge < -0.3 is 0 Å². The van der Waals surface area contributed by atoms with Crippen molar-refractivity contribution >= 4 is 21.9 Å². The number of benzene rings is 1. The molecule has 0 aliphatic rings. The molecule has 160 valence electrons. The summed E-state index contributed by atoms with van der Waals surface area (Å²) < 4.78 is 17.2. The van der Waals surface area contributed by atoms with E-state index in [9.17, 15) is 4.21 Å². The summed E-state index contributed by atoms with van der Waals surface area (Å²) in [6, 6.07) is 17.9. The molecule has 4 aromatic rings. The molecular weight excluding hydrogens is 406 g/mol. The van der Waals surface area contributed by atoms with Gasteiger partial charge in [0.05, 0.1) is 44.9 Å². The highest BCUT2D eigenvalue weighted by Crippen LogP contribution is 2.26. The molecule has 6 nitrogen and oxygen atoms in total. The minimum absolute atomic E-state index is 0.134. The highest BCUT2D eigenvalue weighted by atomic mass is 32.2. The Balaban J connectivity index is 1.69. The number of nitrogens with one attached hydrogen (secondary N) is 1. The zero-order valence-corrected chi connectivity index (χ0v) is 19.3. The lowest BCUT2D eigenvalue weighted by Gasteiger charge is -2.22. The third-order valence-electron chi connectivity index (χ3n) is 5.01. The first kappa shape index (κ1) is 21.3. The molecule has 3 aromatic heterocycles. The first-order valence-electron chi connectivity index (χ1n) is 10.3. The molecule has 0 aliphatic heterocycles. The second-order valence-corrected chi connectivity index (χ2v) is 10.6. The van der Waals surface area contributed by atoms with Gasteiger partial charge in [-0.25, -0.2) is 18.6 Å². The summed E-state index contributed by atoms with van der Waals surface area (Å²) in [4.78, 5) is 9.44. The molecule has 31 heavy (non-hydrogen) atoms. The Morgan fingerprint density at radius 2 is 1.81 bits per heavy atom. The molecule has 1 N–H and O–H groups in total. The fourth-order valence-corrected chi connectivity index (χ4v) is 4.05. The van der Waals surface area contributed by atoms with Crippen LogP contribution in [0, 0.1) is 6.92 Å². The largest absolute Gasteiger partial charge is 0.251 e. The SMILES string of the molecule is Cc1cccc(-n2ncc3ccc(-c4cccc([C@@H](C)N[S@@](=O)C(C)(C)C)n4)cc32)n1. The van der Waals surface area contributed by atoms with Crippen molar-refractivity contribution in [2.24, 2.45) is 0 Å². The number of hydrogen-bond donors (Lipinski definition) is 1. The van der Waals surface area contributed by atoms with E-state index in [0.29, 0.717) is 0 Å². The maximum Gasteiger partial charge on any atom is 0.154 e. The lowest BCUT2D eigenvalue weighted by atomic mass is 10.1. The van der Waals surface area contributed by atoms with Crippen LogP contribution in [-0.2, 0) is 11.0 Å². The average molecular weight is 434 g/mol. The summed E-state index contributed by atoms with van der Waals surface area (Å²) in [6.07, 6.45) is 1.85. The van der Waals surface area contributed by atoms with Crippen LogP contribution in [0.3, 0.4) is 0 Å². The van der Waals surface area contributed by atoms with E-state index >= 15 is 0 Å². The fourth-order valence-electron chi connectivity index (χ4n) is 3.26. The van der Waals surface area contributed by atoms with Crippen LogP contribution in [-0.4, -0.2) is 28.7 Å². The molecule has 4 rings (SSSR count). The van der Waals surface area contributed by atoms with Crippen LogP contribution in [0.2, 0.25) is 0 Å². The predicted molar refractivity (Wildman–Crippen MR) is 126 cm³/mol. The van der Waals surface area contributed by atoms with Crippen molar-refractivity contribution in [2.45, 2.75) is 45.4 Å². The monoisotopic (exact) mass is 433 g/mol. The molecule has 2 atom stereocenters. The third kappa shape index (κ3) is 4.57. The lowest BCUT2D eigenvalue weighted by Crippen LogP contribution is -2.35. The second kappa shape index (κ2) is 8.32. The first-order valence-corrected chi connectivity index (χ1v) is 11.4. The van der Waals surface area contributed by atoms with Crippen LogP contribution in [0.15, 0.2) is 60.8 Å². The van der Waals surface area contributed by atoms with Crippen LogP contribution in [0.4, 0.5) is 0 Å². The van der Waals surface area contributed by atoms with Gasteiger partial charge in [0.15, 0.2) is 5.82 Å². The topological polar surface area (TPSA) is 72.7 Å². The zero-order valence-electron chi connectivity index (χ0n) is 18.5. The zero-order chi connectivity index (χ0) is 22.2. The van der Waals surface area contributed by atoms with E-state index in [1.165, 1.54) is 0 Å². The highest BCUT2D eigenvalue weighted by molar-refractivity contribution is 7.84. The fraction of sp³-hybridized carbons (Fsp3) is 0.292. The van der Waals surface area contributed by atoms with E-state index in [2.05, 4.69) is 33.0 Å². The van der Waals surface area contributed by atoms with Crippen LogP contribution >= 0.6 is 0 Å². The van der Waals surface area contributed by atoms with Gasteiger partial charge in [-0.3, -0.25) is 4.98 Å². The van der Waals surface area contributed by atoms with E-state index < -0.39 is 11.0 Å². The van der Waals surface area contributed by atoms with Crippen molar-refractivity contribution in [1.29, 1.82) is 0 Å². The van der Waals surface area contributed by atoms with Crippen molar-refractivity contribution in [2.75, 3.05) is 0 Å². The van der Waals surface area contributed by atoms with E-state index in [0.717, 1.165) is 39.4 Å². The third-order valence-corrected chi connectivity index (χ3v) is 6.69. The number of aryl methyl sites for hydroxylation is 1.